The number of hydrogen-bond acceptors (Lipinski definition) is 8. The lowest BCUT2D eigenvalue weighted by molar-refractivity contribution is 0.0904. The molecule has 0 spiro atoms. The van der Waals surface area contributed by atoms with Crippen molar-refractivity contribution in [3.63, 3.8) is 0 Å². The van der Waals surface area contributed by atoms with Gasteiger partial charge in [-0.1, -0.05) is 18.7 Å². The molecule has 2 aliphatic heterocycles. The number of nitrogens with two attached hydrogens (primary N) is 1. The molecule has 0 aliphatic carbocycles. The highest BCUT2D eigenvalue weighted by molar-refractivity contribution is 8.13. The van der Waals surface area contributed by atoms with E-state index in [-0.39, 0.29) is 30.2 Å². The lowest BCUT2D eigenvalue weighted by Gasteiger charge is -2.36. The number of nitrogens with zero attached hydrogens (tertiary/aromatic N) is 3. The predicted molar refractivity (Wildman–Crippen MR) is 112 cm³/mol. The minimum atomic E-state index is -0.964. The van der Waals surface area contributed by atoms with E-state index in [1.807, 2.05) is 6.92 Å². The predicted octanol–water partition coefficient (Wildman–Crippen LogP) is 2.70. The van der Waals surface area contributed by atoms with Crippen molar-refractivity contribution in [1.29, 1.82) is 0 Å². The van der Waals surface area contributed by atoms with Gasteiger partial charge in [-0.25, -0.2) is 14.4 Å². The zero-order valence-corrected chi connectivity index (χ0v) is 17.7. The number of methoxy groups -OCH3 is 1. The Morgan fingerprint density at radius 1 is 1.45 bits per heavy atom. The normalized spacial score (nSPS) is 25.0. The molecule has 0 bridgehead atoms. The minimum Gasteiger partial charge on any atom is -0.479 e. The number of carbonyl (C=O) groups excluding carboxylic acids is 1. The zero-order chi connectivity index (χ0) is 22.2. The Morgan fingerprint density at radius 2 is 2.26 bits per heavy atom. The zero-order valence-electron chi connectivity index (χ0n) is 16.9. The molecule has 2 aliphatic rings. The molecule has 2 aromatic rings. The Labute approximate surface area is 181 Å². The molecule has 1 amide bonds. The number of aromatic nitrogens is 2. The molecule has 0 radical (unpaired) electrons. The number of amides is 1. The maximum atomic E-state index is 15.0. The molecular weight excluding hydrogens is 428 g/mol. The maximum absolute atomic E-state index is 15.0. The lowest BCUT2D eigenvalue weighted by Crippen LogP contribution is -2.42. The molecule has 3 heterocycles. The van der Waals surface area contributed by atoms with E-state index >= 15 is 0 Å². The Morgan fingerprint density at radius 3 is 3.00 bits per heavy atom. The molecule has 11 heteroatoms. The average molecular weight is 449 g/mol. The van der Waals surface area contributed by atoms with Gasteiger partial charge < -0.3 is 20.5 Å². The number of fused-ring (bicyclic) bond motifs is 1. The topological polar surface area (TPSA) is 112 Å². The number of aliphatic imine (C=N–C) groups is 1. The summed E-state index contributed by atoms with van der Waals surface area (Å²) in [7, 11) is 1.25. The molecule has 31 heavy (non-hydrogen) atoms. The summed E-state index contributed by atoms with van der Waals surface area (Å²) in [6, 6.07) is 4.21. The second kappa shape index (κ2) is 8.39. The summed E-state index contributed by atoms with van der Waals surface area (Å²) < 4.78 is 39.2. The number of thioether (sulfide) groups is 1. The maximum Gasteiger partial charge on any atom is 0.279 e. The van der Waals surface area contributed by atoms with Gasteiger partial charge in [-0.3, -0.25) is 4.79 Å². The van der Waals surface area contributed by atoms with E-state index in [0.29, 0.717) is 22.2 Å². The molecule has 3 N–H and O–H groups in total. The van der Waals surface area contributed by atoms with Crippen LogP contribution in [0.25, 0.3) is 0 Å². The Hall–Kier alpha value is -2.79. The van der Waals surface area contributed by atoms with Gasteiger partial charge in [0.05, 0.1) is 26.0 Å². The fourth-order valence-corrected chi connectivity index (χ4v) is 5.11. The van der Waals surface area contributed by atoms with Crippen LogP contribution >= 0.6 is 11.8 Å². The van der Waals surface area contributed by atoms with Crippen LogP contribution in [0.1, 0.15) is 29.4 Å². The van der Waals surface area contributed by atoms with Crippen molar-refractivity contribution in [3.05, 3.63) is 47.4 Å². The molecule has 1 aromatic carbocycles. The van der Waals surface area contributed by atoms with Gasteiger partial charge in [0.1, 0.15) is 11.4 Å². The number of halogens is 2. The van der Waals surface area contributed by atoms with E-state index in [1.54, 1.807) is 0 Å². The van der Waals surface area contributed by atoms with E-state index in [0.717, 1.165) is 12.6 Å². The fraction of sp³-hybridized carbons (Fsp3) is 0.400. The van der Waals surface area contributed by atoms with Crippen LogP contribution in [0, 0.1) is 17.7 Å². The van der Waals surface area contributed by atoms with Crippen LogP contribution in [0.15, 0.2) is 29.4 Å². The SMILES string of the molecule is CC[C@H]1OC[C@]2(c3cc(NC(=O)c4ncc(F)nc4OC)ccc3F)N=C(N)SC[C@H]12. The van der Waals surface area contributed by atoms with Crippen molar-refractivity contribution in [1.82, 2.24) is 9.97 Å². The molecule has 4 rings (SSSR count). The monoisotopic (exact) mass is 449 g/mol. The first kappa shape index (κ1) is 21.4. The molecule has 1 saturated heterocycles. The van der Waals surface area contributed by atoms with Crippen molar-refractivity contribution in [2.24, 2.45) is 16.6 Å². The number of nitrogens with one attached hydrogen (secondary N) is 1. The van der Waals surface area contributed by atoms with Gasteiger partial charge >= 0.3 is 0 Å². The summed E-state index contributed by atoms with van der Waals surface area (Å²) >= 11 is 1.43. The van der Waals surface area contributed by atoms with Gasteiger partial charge in [-0.2, -0.15) is 9.37 Å². The van der Waals surface area contributed by atoms with Gasteiger partial charge in [0.2, 0.25) is 11.8 Å². The molecular formula is C20H21F2N5O3S. The smallest absolute Gasteiger partial charge is 0.279 e. The molecule has 1 aromatic heterocycles. The van der Waals surface area contributed by atoms with Crippen LogP contribution < -0.4 is 15.8 Å². The molecule has 164 valence electrons. The Bertz CT molecular complexity index is 1050. The van der Waals surface area contributed by atoms with Crippen molar-refractivity contribution in [3.8, 4) is 5.88 Å². The second-order valence-electron chi connectivity index (χ2n) is 7.25. The number of hydrogen-bond donors (Lipinski definition) is 2. The van der Waals surface area contributed by atoms with Gasteiger partial charge in [0.25, 0.3) is 5.91 Å². The van der Waals surface area contributed by atoms with Crippen molar-refractivity contribution in [2.45, 2.75) is 25.0 Å². The largest absolute Gasteiger partial charge is 0.479 e. The van der Waals surface area contributed by atoms with Crippen LogP contribution in [0.3, 0.4) is 0 Å². The van der Waals surface area contributed by atoms with Crippen LogP contribution in [0.4, 0.5) is 14.5 Å². The summed E-state index contributed by atoms with van der Waals surface area (Å²) in [6.45, 7) is 2.21. The summed E-state index contributed by atoms with van der Waals surface area (Å²) in [4.78, 5) is 24.5. The molecule has 3 atom stereocenters. The molecule has 0 saturated carbocycles. The van der Waals surface area contributed by atoms with Crippen LogP contribution in [-0.4, -0.2) is 46.6 Å². The average Bonchev–Trinajstić information content (AvgIpc) is 3.13. The van der Waals surface area contributed by atoms with E-state index in [1.165, 1.54) is 37.1 Å². The van der Waals surface area contributed by atoms with Gasteiger partial charge in [-0.05, 0) is 24.6 Å². The van der Waals surface area contributed by atoms with E-state index in [9.17, 15) is 13.6 Å². The molecule has 1 fully saturated rings. The van der Waals surface area contributed by atoms with Crippen molar-refractivity contribution >= 4 is 28.5 Å². The first-order valence-electron chi connectivity index (χ1n) is 9.65. The highest BCUT2D eigenvalue weighted by Gasteiger charge is 2.53. The Balaban J connectivity index is 1.69. The number of benzene rings is 1. The second-order valence-corrected chi connectivity index (χ2v) is 8.29. The summed E-state index contributed by atoms with van der Waals surface area (Å²) in [6.07, 6.45) is 1.51. The molecule has 8 nitrogen and oxygen atoms in total. The van der Waals surface area contributed by atoms with Crippen LogP contribution in [-0.2, 0) is 10.3 Å². The number of ether oxygens (including phenoxy) is 2. The third kappa shape index (κ3) is 3.83. The third-order valence-electron chi connectivity index (χ3n) is 5.51. The standard InChI is InChI=1S/C20H21F2N5O3S/c1-3-14-12-8-31-19(23)27-20(12,9-30-14)11-6-10(4-5-13(11)21)25-17(28)16-18(29-2)26-15(22)7-24-16/h4-7,12,14H,3,8-9H2,1-2H3,(H2,23,27)(H,25,28)/t12-,14-,20-/m1/s1. The lowest BCUT2D eigenvalue weighted by atomic mass is 9.78. The fourth-order valence-electron chi connectivity index (χ4n) is 4.04. The van der Waals surface area contributed by atoms with E-state index < -0.39 is 23.2 Å². The first-order valence-corrected chi connectivity index (χ1v) is 10.6. The van der Waals surface area contributed by atoms with Crippen molar-refractivity contribution < 1.29 is 23.0 Å². The Kier molecular flexibility index (Phi) is 5.80. The van der Waals surface area contributed by atoms with Gasteiger partial charge in [0, 0.05) is 22.9 Å². The summed E-state index contributed by atoms with van der Waals surface area (Å²) in [5, 5.41) is 3.01. The highest BCUT2D eigenvalue weighted by atomic mass is 32.2. The van der Waals surface area contributed by atoms with Crippen LogP contribution in [0.2, 0.25) is 0 Å². The van der Waals surface area contributed by atoms with Crippen molar-refractivity contribution in [2.75, 3.05) is 24.8 Å². The minimum absolute atomic E-state index is 0.0571. The van der Waals surface area contributed by atoms with E-state index in [2.05, 4.69) is 20.3 Å². The summed E-state index contributed by atoms with van der Waals surface area (Å²) in [5.41, 5.74) is 5.45. The number of rotatable bonds is 5. The molecule has 0 unspecified atom stereocenters. The quantitative estimate of drug-likeness (QED) is 0.722. The van der Waals surface area contributed by atoms with Gasteiger partial charge in [0.15, 0.2) is 10.9 Å². The number of carbonyl (C=O) groups is 1. The summed E-state index contributed by atoms with van der Waals surface area (Å²) in [5.74, 6) is -1.67. The number of anilines is 1. The van der Waals surface area contributed by atoms with E-state index in [4.69, 9.17) is 15.2 Å². The van der Waals surface area contributed by atoms with Gasteiger partial charge in [-0.15, -0.1) is 0 Å². The first-order chi connectivity index (χ1) is 14.9. The van der Waals surface area contributed by atoms with Crippen LogP contribution in [0.5, 0.6) is 5.88 Å². The number of amidine groups is 1. The highest BCUT2D eigenvalue weighted by Crippen LogP contribution is 2.49. The third-order valence-corrected chi connectivity index (χ3v) is 6.43.